The van der Waals surface area contributed by atoms with E-state index >= 15 is 0 Å². The molecular weight excluding hydrogens is 546 g/mol. The van der Waals surface area contributed by atoms with Gasteiger partial charge in [0.25, 0.3) is 16.0 Å². The highest BCUT2D eigenvalue weighted by Gasteiger charge is 2.26. The molecule has 3 amide bonds. The van der Waals surface area contributed by atoms with E-state index in [-0.39, 0.29) is 43.4 Å². The normalized spacial score (nSPS) is 12.9. The quantitative estimate of drug-likeness (QED) is 0.174. The Hall–Kier alpha value is -3.70. The molecule has 2 aromatic rings. The topological polar surface area (TPSA) is 140 Å². The first kappa shape index (κ1) is 33.5. The van der Waals surface area contributed by atoms with Crippen LogP contribution < -0.4 is 16.0 Å². The second-order valence-corrected chi connectivity index (χ2v) is 12.7. The predicted molar refractivity (Wildman–Crippen MR) is 158 cm³/mol. The first-order chi connectivity index (χ1) is 19.2. The summed E-state index contributed by atoms with van der Waals surface area (Å²) in [5.74, 6) is -1.43. The predicted octanol–water partition coefficient (Wildman–Crippen LogP) is 3.79. The van der Waals surface area contributed by atoms with Crippen molar-refractivity contribution in [2.45, 2.75) is 59.1 Å². The van der Waals surface area contributed by atoms with E-state index in [0.717, 1.165) is 5.56 Å². The van der Waals surface area contributed by atoms with Crippen LogP contribution in [0.25, 0.3) is 6.08 Å². The van der Waals surface area contributed by atoms with E-state index in [1.807, 2.05) is 50.2 Å². The van der Waals surface area contributed by atoms with E-state index in [9.17, 15) is 22.8 Å². The molecule has 11 heteroatoms. The molecule has 2 rings (SSSR count). The minimum atomic E-state index is -3.72. The maximum absolute atomic E-state index is 13.4. The second kappa shape index (κ2) is 15.9. The Morgan fingerprint density at radius 3 is 2.15 bits per heavy atom. The molecule has 0 spiro atoms. The lowest BCUT2D eigenvalue weighted by Crippen LogP contribution is -2.50. The van der Waals surface area contributed by atoms with Crippen molar-refractivity contribution in [3.8, 4) is 0 Å². The molecule has 2 aromatic carbocycles. The molecule has 0 radical (unpaired) electrons. The van der Waals surface area contributed by atoms with Gasteiger partial charge < -0.3 is 20.7 Å². The average molecular weight is 588 g/mol. The van der Waals surface area contributed by atoms with Crippen LogP contribution in [0.4, 0.5) is 4.79 Å². The van der Waals surface area contributed by atoms with Crippen molar-refractivity contribution in [1.29, 1.82) is 0 Å². The number of carbonyl (C=O) groups excluding carboxylic acids is 3. The maximum Gasteiger partial charge on any atom is 0.408 e. The van der Waals surface area contributed by atoms with Gasteiger partial charge in [-0.3, -0.25) is 13.8 Å². The Kier molecular flexibility index (Phi) is 13.0. The molecule has 1 atom stereocenters. The van der Waals surface area contributed by atoms with Crippen LogP contribution in [0.3, 0.4) is 0 Å². The molecule has 0 aromatic heterocycles. The molecular formula is C30H41N3O7S. The summed E-state index contributed by atoms with van der Waals surface area (Å²) < 4.78 is 34.4. The van der Waals surface area contributed by atoms with Gasteiger partial charge in [0.05, 0.1) is 12.4 Å². The summed E-state index contributed by atoms with van der Waals surface area (Å²) in [5, 5.41) is 7.90. The molecule has 0 aliphatic rings. The van der Waals surface area contributed by atoms with Crippen LogP contribution in [-0.2, 0) is 35.0 Å². The summed E-state index contributed by atoms with van der Waals surface area (Å²) in [5.41, 5.74) is 0.609. The largest absolute Gasteiger partial charge is 0.444 e. The third kappa shape index (κ3) is 14.0. The summed E-state index contributed by atoms with van der Waals surface area (Å²) in [4.78, 5) is 39.1. The molecule has 0 heterocycles. The summed E-state index contributed by atoms with van der Waals surface area (Å²) in [6, 6.07) is 17.0. The molecule has 224 valence electrons. The molecule has 0 fully saturated rings. The van der Waals surface area contributed by atoms with Gasteiger partial charge in [-0.05, 0) is 50.3 Å². The first-order valence-corrected chi connectivity index (χ1v) is 15.1. The smallest absolute Gasteiger partial charge is 0.408 e. The molecule has 41 heavy (non-hydrogen) atoms. The van der Waals surface area contributed by atoms with Gasteiger partial charge in [0.1, 0.15) is 17.3 Å². The minimum Gasteiger partial charge on any atom is -0.444 e. The fraction of sp³-hybridized carbons (Fsp3) is 0.433. The molecule has 0 aliphatic heterocycles. The molecule has 10 nitrogen and oxygen atoms in total. The number of amides is 3. The van der Waals surface area contributed by atoms with Gasteiger partial charge in [-0.15, -0.1) is 0 Å². The van der Waals surface area contributed by atoms with Crippen molar-refractivity contribution in [3.05, 3.63) is 77.5 Å². The van der Waals surface area contributed by atoms with Gasteiger partial charge in [-0.1, -0.05) is 74.5 Å². The number of hydrogen-bond donors (Lipinski definition) is 3. The van der Waals surface area contributed by atoms with Crippen LogP contribution in [0.15, 0.2) is 66.4 Å². The van der Waals surface area contributed by atoms with Crippen LogP contribution in [0.1, 0.15) is 52.2 Å². The highest BCUT2D eigenvalue weighted by molar-refractivity contribution is 7.86. The number of hydrogen-bond acceptors (Lipinski definition) is 7. The fourth-order valence-electron chi connectivity index (χ4n) is 3.45. The number of rotatable bonds is 14. The van der Waals surface area contributed by atoms with Crippen molar-refractivity contribution in [2.24, 2.45) is 5.92 Å². The van der Waals surface area contributed by atoms with Gasteiger partial charge >= 0.3 is 6.09 Å². The fourth-order valence-corrected chi connectivity index (χ4v) is 4.54. The number of benzene rings is 2. The summed E-state index contributed by atoms with van der Waals surface area (Å²) in [7, 11) is -3.72. The highest BCUT2D eigenvalue weighted by atomic mass is 32.2. The standard InChI is InChI=1S/C30H41N3O7S/c1-22(2)21-39-41(37,38)18-12-17-31-27(34)25(19-23-13-8-6-9-14-23)32-28(35)26(20-24-15-10-7-11-16-24)33-29(36)40-30(3,4)5/h6-11,13-16,19,22,26H,12,17-18,20-21H2,1-5H3,(H,31,34)(H,32,35)(H,33,36)/b25-19+/t26-/m0/s1. The SMILES string of the molecule is CC(C)COS(=O)(=O)CCCNC(=O)/C(=C\c1ccccc1)NC(=O)[C@H](Cc1ccccc1)NC(=O)OC(C)(C)C. The average Bonchev–Trinajstić information content (AvgIpc) is 2.89. The van der Waals surface area contributed by atoms with E-state index in [4.69, 9.17) is 8.92 Å². The van der Waals surface area contributed by atoms with E-state index in [2.05, 4.69) is 16.0 Å². The van der Waals surface area contributed by atoms with Crippen LogP contribution >= 0.6 is 0 Å². The lowest BCUT2D eigenvalue weighted by Gasteiger charge is -2.24. The lowest BCUT2D eigenvalue weighted by molar-refractivity contribution is -0.125. The Morgan fingerprint density at radius 1 is 0.951 bits per heavy atom. The lowest BCUT2D eigenvalue weighted by atomic mass is 10.1. The summed E-state index contributed by atoms with van der Waals surface area (Å²) in [6.45, 7) is 8.96. The van der Waals surface area contributed by atoms with Crippen molar-refractivity contribution in [3.63, 3.8) is 0 Å². The van der Waals surface area contributed by atoms with Crippen LogP contribution in [0, 0.1) is 5.92 Å². The van der Waals surface area contributed by atoms with Gasteiger partial charge in [0, 0.05) is 13.0 Å². The van der Waals surface area contributed by atoms with E-state index in [0.29, 0.717) is 5.56 Å². The monoisotopic (exact) mass is 587 g/mol. The van der Waals surface area contributed by atoms with E-state index in [1.54, 1.807) is 45.0 Å². The minimum absolute atomic E-state index is 0.0364. The second-order valence-electron chi connectivity index (χ2n) is 10.9. The molecule has 0 bridgehead atoms. The third-order valence-corrected chi connectivity index (χ3v) is 6.62. The third-order valence-electron chi connectivity index (χ3n) is 5.34. The highest BCUT2D eigenvalue weighted by Crippen LogP contribution is 2.11. The van der Waals surface area contributed by atoms with Crippen molar-refractivity contribution >= 4 is 34.1 Å². The van der Waals surface area contributed by atoms with Crippen molar-refractivity contribution in [2.75, 3.05) is 18.9 Å². The van der Waals surface area contributed by atoms with Gasteiger partial charge in [0.15, 0.2) is 0 Å². The zero-order valence-corrected chi connectivity index (χ0v) is 25.1. The van der Waals surface area contributed by atoms with Crippen molar-refractivity contribution in [1.82, 2.24) is 16.0 Å². The molecule has 0 unspecified atom stereocenters. The van der Waals surface area contributed by atoms with E-state index in [1.165, 1.54) is 6.08 Å². The van der Waals surface area contributed by atoms with Crippen molar-refractivity contribution < 1.29 is 31.7 Å². The number of carbonyl (C=O) groups is 3. The Balaban J connectivity index is 2.18. The molecule has 0 saturated carbocycles. The Morgan fingerprint density at radius 2 is 1.56 bits per heavy atom. The summed E-state index contributed by atoms with van der Waals surface area (Å²) in [6.07, 6.45) is 1.01. The van der Waals surface area contributed by atoms with Crippen LogP contribution in [0.5, 0.6) is 0 Å². The number of alkyl carbamates (subject to hydrolysis) is 1. The number of ether oxygens (including phenoxy) is 1. The van der Waals surface area contributed by atoms with Gasteiger partial charge in [-0.25, -0.2) is 4.79 Å². The Labute approximate surface area is 243 Å². The van der Waals surface area contributed by atoms with Crippen LogP contribution in [0.2, 0.25) is 0 Å². The van der Waals surface area contributed by atoms with Gasteiger partial charge in [-0.2, -0.15) is 8.42 Å². The summed E-state index contributed by atoms with van der Waals surface area (Å²) >= 11 is 0. The maximum atomic E-state index is 13.4. The molecule has 0 aliphatic carbocycles. The van der Waals surface area contributed by atoms with E-state index < -0.39 is 39.7 Å². The number of nitrogens with one attached hydrogen (secondary N) is 3. The first-order valence-electron chi connectivity index (χ1n) is 13.5. The van der Waals surface area contributed by atoms with Crippen LogP contribution in [-0.4, -0.2) is 56.9 Å². The van der Waals surface area contributed by atoms with Gasteiger partial charge in [0.2, 0.25) is 5.91 Å². The zero-order valence-electron chi connectivity index (χ0n) is 24.3. The molecule has 0 saturated heterocycles. The zero-order chi connectivity index (χ0) is 30.5. The Bertz CT molecular complexity index is 1270. The molecule has 3 N–H and O–H groups in total.